The molecule has 1 unspecified atom stereocenters. The summed E-state index contributed by atoms with van der Waals surface area (Å²) in [6.07, 6.45) is 3.80. The molecule has 1 N–H and O–H groups in total. The second-order valence-electron chi connectivity index (χ2n) is 5.50. The Balaban J connectivity index is 1.54. The van der Waals surface area contributed by atoms with Gasteiger partial charge in [-0.3, -0.25) is 0 Å². The van der Waals surface area contributed by atoms with Gasteiger partial charge in [0.25, 0.3) is 0 Å². The number of benzene rings is 1. The van der Waals surface area contributed by atoms with E-state index in [0.29, 0.717) is 12.8 Å². The van der Waals surface area contributed by atoms with Crippen LogP contribution in [0, 0.1) is 0 Å². The molecule has 0 radical (unpaired) electrons. The molecule has 4 nitrogen and oxygen atoms in total. The van der Waals surface area contributed by atoms with E-state index in [1.54, 1.807) is 0 Å². The molecule has 104 valence electrons. The van der Waals surface area contributed by atoms with Crippen LogP contribution in [0.25, 0.3) is 0 Å². The fraction of sp³-hybridized carbons (Fsp3) is 0.600. The second-order valence-corrected chi connectivity index (χ2v) is 5.50. The van der Waals surface area contributed by atoms with E-state index in [1.807, 2.05) is 6.07 Å². The Hall–Kier alpha value is -1.26. The third kappa shape index (κ3) is 3.19. The summed E-state index contributed by atoms with van der Waals surface area (Å²) in [6.45, 7) is 3.67. The van der Waals surface area contributed by atoms with Crippen LogP contribution in [0.4, 0.5) is 0 Å². The molecule has 0 bridgehead atoms. The van der Waals surface area contributed by atoms with Gasteiger partial charge in [0.2, 0.25) is 6.79 Å². The zero-order chi connectivity index (χ0) is 13.1. The molecule has 1 saturated heterocycles. The maximum absolute atomic E-state index is 5.41. The Morgan fingerprint density at radius 1 is 1.21 bits per heavy atom. The highest BCUT2D eigenvalue weighted by Crippen LogP contribution is 2.32. The zero-order valence-electron chi connectivity index (χ0n) is 11.5. The average Bonchev–Trinajstić information content (AvgIpc) is 2.79. The van der Waals surface area contributed by atoms with E-state index in [9.17, 15) is 0 Å². The van der Waals surface area contributed by atoms with E-state index in [-0.39, 0.29) is 0 Å². The van der Waals surface area contributed by atoms with E-state index in [4.69, 9.17) is 9.47 Å². The SMILES string of the molecule is CN1CCCC(NCc2ccc3c(c2)OCO3)CC1. The Labute approximate surface area is 114 Å². The van der Waals surface area contributed by atoms with Crippen LogP contribution in [0.5, 0.6) is 11.5 Å². The van der Waals surface area contributed by atoms with E-state index in [0.717, 1.165) is 18.0 Å². The molecule has 1 aromatic rings. The topological polar surface area (TPSA) is 33.7 Å². The van der Waals surface area contributed by atoms with E-state index in [1.165, 1.54) is 37.9 Å². The minimum absolute atomic E-state index is 0.348. The first-order chi connectivity index (χ1) is 9.31. The van der Waals surface area contributed by atoms with Gasteiger partial charge in [-0.25, -0.2) is 0 Å². The van der Waals surface area contributed by atoms with Crippen LogP contribution in [0.1, 0.15) is 24.8 Å². The van der Waals surface area contributed by atoms with Gasteiger partial charge in [-0.05, 0) is 57.1 Å². The number of hydrogen-bond donors (Lipinski definition) is 1. The van der Waals surface area contributed by atoms with Crippen LogP contribution < -0.4 is 14.8 Å². The third-order valence-corrected chi connectivity index (χ3v) is 3.98. The summed E-state index contributed by atoms with van der Waals surface area (Å²) in [7, 11) is 2.21. The molecular weight excluding hydrogens is 240 g/mol. The van der Waals surface area contributed by atoms with Crippen LogP contribution in [0.2, 0.25) is 0 Å². The molecule has 0 aliphatic carbocycles. The summed E-state index contributed by atoms with van der Waals surface area (Å²) >= 11 is 0. The van der Waals surface area contributed by atoms with Crippen molar-refractivity contribution in [3.8, 4) is 11.5 Å². The van der Waals surface area contributed by atoms with Crippen molar-refractivity contribution in [2.24, 2.45) is 0 Å². The summed E-state index contributed by atoms with van der Waals surface area (Å²) in [5.41, 5.74) is 1.27. The molecule has 0 amide bonds. The molecule has 0 spiro atoms. The maximum Gasteiger partial charge on any atom is 0.231 e. The molecule has 0 aromatic heterocycles. The summed E-state index contributed by atoms with van der Waals surface area (Å²) < 4.78 is 10.7. The van der Waals surface area contributed by atoms with Crippen molar-refractivity contribution < 1.29 is 9.47 Å². The molecule has 2 heterocycles. The maximum atomic E-state index is 5.41. The van der Waals surface area contributed by atoms with Crippen molar-refractivity contribution >= 4 is 0 Å². The summed E-state index contributed by atoms with van der Waals surface area (Å²) in [5, 5.41) is 3.67. The Morgan fingerprint density at radius 3 is 3.05 bits per heavy atom. The van der Waals surface area contributed by atoms with Gasteiger partial charge < -0.3 is 19.7 Å². The minimum atomic E-state index is 0.348. The van der Waals surface area contributed by atoms with Crippen LogP contribution in [0.3, 0.4) is 0 Å². The zero-order valence-corrected chi connectivity index (χ0v) is 11.5. The highest BCUT2D eigenvalue weighted by molar-refractivity contribution is 5.44. The van der Waals surface area contributed by atoms with Crippen molar-refractivity contribution in [3.05, 3.63) is 23.8 Å². The van der Waals surface area contributed by atoms with Crippen LogP contribution in [-0.2, 0) is 6.54 Å². The summed E-state index contributed by atoms with van der Waals surface area (Å²) in [6, 6.07) is 6.83. The minimum Gasteiger partial charge on any atom is -0.454 e. The number of likely N-dealkylation sites (tertiary alicyclic amines) is 1. The predicted molar refractivity (Wildman–Crippen MR) is 74.5 cm³/mol. The van der Waals surface area contributed by atoms with Crippen molar-refractivity contribution in [1.82, 2.24) is 10.2 Å². The van der Waals surface area contributed by atoms with Gasteiger partial charge in [0.15, 0.2) is 11.5 Å². The lowest BCUT2D eigenvalue weighted by Crippen LogP contribution is -2.29. The van der Waals surface area contributed by atoms with Gasteiger partial charge in [-0.2, -0.15) is 0 Å². The highest BCUT2D eigenvalue weighted by Gasteiger charge is 2.16. The Bertz CT molecular complexity index is 436. The molecular formula is C15H22N2O2. The van der Waals surface area contributed by atoms with Crippen molar-refractivity contribution in [2.45, 2.75) is 31.8 Å². The molecule has 1 aromatic carbocycles. The summed E-state index contributed by atoms with van der Waals surface area (Å²) in [5.74, 6) is 1.74. The first kappa shape index (κ1) is 12.8. The Morgan fingerprint density at radius 2 is 2.11 bits per heavy atom. The van der Waals surface area contributed by atoms with Crippen molar-refractivity contribution in [1.29, 1.82) is 0 Å². The quantitative estimate of drug-likeness (QED) is 0.903. The number of ether oxygens (including phenoxy) is 2. The van der Waals surface area contributed by atoms with Gasteiger partial charge >= 0.3 is 0 Å². The molecule has 2 aliphatic rings. The van der Waals surface area contributed by atoms with Gasteiger partial charge in [0.1, 0.15) is 0 Å². The van der Waals surface area contributed by atoms with Gasteiger partial charge in [-0.15, -0.1) is 0 Å². The number of nitrogens with zero attached hydrogens (tertiary/aromatic N) is 1. The van der Waals surface area contributed by atoms with E-state index >= 15 is 0 Å². The average molecular weight is 262 g/mol. The molecule has 19 heavy (non-hydrogen) atoms. The molecule has 4 heteroatoms. The highest BCUT2D eigenvalue weighted by atomic mass is 16.7. The normalized spacial score (nSPS) is 23.3. The van der Waals surface area contributed by atoms with Crippen LogP contribution in [0.15, 0.2) is 18.2 Å². The predicted octanol–water partition coefficient (Wildman–Crippen LogP) is 1.99. The lowest BCUT2D eigenvalue weighted by atomic mass is 10.1. The lowest BCUT2D eigenvalue weighted by Gasteiger charge is -2.17. The number of rotatable bonds is 3. The third-order valence-electron chi connectivity index (χ3n) is 3.98. The smallest absolute Gasteiger partial charge is 0.231 e. The fourth-order valence-electron chi connectivity index (χ4n) is 2.76. The van der Waals surface area contributed by atoms with Gasteiger partial charge in [-0.1, -0.05) is 6.07 Å². The Kier molecular flexibility index (Phi) is 3.89. The first-order valence-electron chi connectivity index (χ1n) is 7.12. The van der Waals surface area contributed by atoms with E-state index in [2.05, 4.69) is 29.4 Å². The number of fused-ring (bicyclic) bond motifs is 1. The second kappa shape index (κ2) is 5.80. The first-order valence-corrected chi connectivity index (χ1v) is 7.12. The van der Waals surface area contributed by atoms with Gasteiger partial charge in [0, 0.05) is 12.6 Å². The largest absolute Gasteiger partial charge is 0.454 e. The van der Waals surface area contributed by atoms with Gasteiger partial charge in [0.05, 0.1) is 0 Å². The molecule has 0 saturated carbocycles. The number of nitrogens with one attached hydrogen (secondary N) is 1. The van der Waals surface area contributed by atoms with E-state index < -0.39 is 0 Å². The van der Waals surface area contributed by atoms with Crippen molar-refractivity contribution in [2.75, 3.05) is 26.9 Å². The molecule has 1 atom stereocenters. The molecule has 2 aliphatic heterocycles. The van der Waals surface area contributed by atoms with Crippen LogP contribution in [-0.4, -0.2) is 37.9 Å². The summed E-state index contributed by atoms with van der Waals surface area (Å²) in [4.78, 5) is 2.42. The monoisotopic (exact) mass is 262 g/mol. The lowest BCUT2D eigenvalue weighted by molar-refractivity contribution is 0.174. The fourth-order valence-corrected chi connectivity index (χ4v) is 2.76. The van der Waals surface area contributed by atoms with Crippen LogP contribution >= 0.6 is 0 Å². The molecule has 3 rings (SSSR count). The standard InChI is InChI=1S/C15H22N2O2/c1-17-7-2-3-13(6-8-17)16-10-12-4-5-14-15(9-12)19-11-18-14/h4-5,9,13,16H,2-3,6-8,10-11H2,1H3. The number of hydrogen-bond acceptors (Lipinski definition) is 4. The van der Waals surface area contributed by atoms with Crippen molar-refractivity contribution in [3.63, 3.8) is 0 Å². The molecule has 1 fully saturated rings.